The molecule has 8 heteroatoms. The molecule has 1 saturated carbocycles. The molecule has 6 nitrogen and oxygen atoms in total. The van der Waals surface area contributed by atoms with Crippen molar-refractivity contribution in [3.63, 3.8) is 0 Å². The van der Waals surface area contributed by atoms with Crippen molar-refractivity contribution in [2.45, 2.75) is 70.4 Å². The first kappa shape index (κ1) is 28.0. The van der Waals surface area contributed by atoms with Crippen LogP contribution in [-0.2, 0) is 0 Å². The minimum absolute atomic E-state index is 0.0341. The van der Waals surface area contributed by atoms with Gasteiger partial charge in [0, 0.05) is 24.7 Å². The Morgan fingerprint density at radius 1 is 1.15 bits per heavy atom. The lowest BCUT2D eigenvalue weighted by Crippen LogP contribution is -2.45. The first-order chi connectivity index (χ1) is 18.9. The average molecular weight is 572 g/mol. The van der Waals surface area contributed by atoms with Gasteiger partial charge in [-0.3, -0.25) is 9.59 Å². The zero-order chi connectivity index (χ0) is 27.4. The number of likely N-dealkylation sites (tertiary alicyclic amines) is 1. The van der Waals surface area contributed by atoms with Crippen molar-refractivity contribution in [3.8, 4) is 11.5 Å². The zero-order valence-corrected chi connectivity index (χ0v) is 23.9. The van der Waals surface area contributed by atoms with Gasteiger partial charge in [-0.25, -0.2) is 0 Å². The molecule has 1 unspecified atom stereocenters. The Morgan fingerprint density at radius 2 is 1.95 bits per heavy atom. The van der Waals surface area contributed by atoms with Gasteiger partial charge < -0.3 is 19.7 Å². The van der Waals surface area contributed by atoms with Crippen molar-refractivity contribution in [1.82, 2.24) is 10.2 Å². The molecule has 39 heavy (non-hydrogen) atoms. The van der Waals surface area contributed by atoms with Crippen LogP contribution in [0.4, 0.5) is 0 Å². The number of allylic oxidation sites excluding steroid dienone is 2. The molecule has 1 aliphatic carbocycles. The molecule has 208 valence electrons. The first-order valence-corrected chi connectivity index (χ1v) is 14.9. The third kappa shape index (κ3) is 7.16. The van der Waals surface area contributed by atoms with E-state index in [1.165, 1.54) is 12.8 Å². The van der Waals surface area contributed by atoms with E-state index >= 15 is 0 Å². The monoisotopic (exact) mass is 570 g/mol. The van der Waals surface area contributed by atoms with Gasteiger partial charge in [-0.05, 0) is 100 Å². The maximum Gasteiger partial charge on any atom is 0.251 e. The van der Waals surface area contributed by atoms with Crippen LogP contribution in [0.2, 0.25) is 10.0 Å². The quantitative estimate of drug-likeness (QED) is 0.292. The van der Waals surface area contributed by atoms with Crippen LogP contribution in [0, 0.1) is 5.92 Å². The van der Waals surface area contributed by atoms with Crippen molar-refractivity contribution in [2.24, 2.45) is 5.92 Å². The van der Waals surface area contributed by atoms with Crippen LogP contribution in [0.25, 0.3) is 0 Å². The van der Waals surface area contributed by atoms with Gasteiger partial charge in [0.05, 0.1) is 16.1 Å². The van der Waals surface area contributed by atoms with Crippen LogP contribution in [0.1, 0.15) is 79.0 Å². The van der Waals surface area contributed by atoms with Gasteiger partial charge >= 0.3 is 0 Å². The van der Waals surface area contributed by atoms with E-state index in [9.17, 15) is 9.59 Å². The number of nitrogens with zero attached hydrogens (tertiary/aromatic N) is 1. The molecule has 0 bridgehead atoms. The molecule has 2 aliphatic heterocycles. The largest absolute Gasteiger partial charge is 0.490 e. The summed E-state index contributed by atoms with van der Waals surface area (Å²) in [5.74, 6) is 2.19. The molecular formula is C31H36Cl2N2O4. The number of rotatable bonds is 11. The molecule has 2 heterocycles. The van der Waals surface area contributed by atoms with Crippen LogP contribution in [0.15, 0.2) is 48.2 Å². The molecule has 0 radical (unpaired) electrons. The molecule has 3 aliphatic rings. The minimum Gasteiger partial charge on any atom is -0.490 e. The fourth-order valence-electron chi connectivity index (χ4n) is 5.24. The molecule has 0 aromatic heterocycles. The number of amides is 1. The number of hydrogen-bond acceptors (Lipinski definition) is 5. The number of piperidine rings is 1. The van der Waals surface area contributed by atoms with Gasteiger partial charge in [0.2, 0.25) is 5.78 Å². The van der Waals surface area contributed by atoms with E-state index in [4.69, 9.17) is 32.7 Å². The van der Waals surface area contributed by atoms with Crippen molar-refractivity contribution in [2.75, 3.05) is 19.6 Å². The Kier molecular flexibility index (Phi) is 9.16. The number of benzene rings is 2. The molecule has 2 fully saturated rings. The number of ether oxygens (including phenoxy) is 2. The third-order valence-electron chi connectivity index (χ3n) is 7.85. The van der Waals surface area contributed by atoms with Crippen molar-refractivity contribution in [3.05, 3.63) is 69.4 Å². The van der Waals surface area contributed by atoms with E-state index in [-0.39, 0.29) is 23.8 Å². The van der Waals surface area contributed by atoms with Crippen LogP contribution in [0.5, 0.6) is 11.5 Å². The van der Waals surface area contributed by atoms with E-state index in [1.807, 2.05) is 24.3 Å². The Balaban J connectivity index is 1.06. The predicted octanol–water partition coefficient (Wildman–Crippen LogP) is 7.08. The van der Waals surface area contributed by atoms with Crippen LogP contribution in [-0.4, -0.2) is 48.4 Å². The number of hydrogen-bond donors (Lipinski definition) is 1. The summed E-state index contributed by atoms with van der Waals surface area (Å²) in [6, 6.07) is 10.7. The Hall–Kier alpha value is -2.54. The maximum absolute atomic E-state index is 13.0. The van der Waals surface area contributed by atoms with Gasteiger partial charge in [-0.15, -0.1) is 0 Å². The topological polar surface area (TPSA) is 67.9 Å². The highest BCUT2D eigenvalue weighted by Gasteiger charge is 2.32. The second kappa shape index (κ2) is 12.8. The smallest absolute Gasteiger partial charge is 0.251 e. The highest BCUT2D eigenvalue weighted by molar-refractivity contribution is 6.42. The fourth-order valence-corrected chi connectivity index (χ4v) is 5.54. The SMILES string of the molecule is CCC(CCCN1CCC(NC(=O)c2ccc(Cl)c(Cl)c2)CC1)Oc1cccc2c1C(=O)C(=CCC1CC1)O2. The minimum atomic E-state index is -0.114. The summed E-state index contributed by atoms with van der Waals surface area (Å²) >= 11 is 12.0. The summed E-state index contributed by atoms with van der Waals surface area (Å²) in [4.78, 5) is 28.1. The van der Waals surface area contributed by atoms with Gasteiger partial charge in [0.15, 0.2) is 5.76 Å². The van der Waals surface area contributed by atoms with Crippen molar-refractivity contribution < 1.29 is 19.1 Å². The first-order valence-electron chi connectivity index (χ1n) is 14.1. The summed E-state index contributed by atoms with van der Waals surface area (Å²) in [5, 5.41) is 3.95. The van der Waals surface area contributed by atoms with E-state index in [0.29, 0.717) is 44.3 Å². The number of halogens is 2. The van der Waals surface area contributed by atoms with E-state index in [1.54, 1.807) is 18.2 Å². The second-order valence-electron chi connectivity index (χ2n) is 10.8. The summed E-state index contributed by atoms with van der Waals surface area (Å²) in [6.07, 6.45) is 9.98. The number of ketones is 1. The normalized spacial score (nSPS) is 19.6. The standard InChI is InChI=1S/C31H36Cl2N2O4/c1-2-23(38-26-6-3-7-27-29(26)30(36)28(39-27)13-10-20-8-9-20)5-4-16-35-17-14-22(15-18-35)34-31(37)21-11-12-24(32)25(33)19-21/h3,6-7,11-13,19-20,22-23H,2,4-5,8-10,14-18H2,1H3,(H,34,37). The van der Waals surface area contributed by atoms with E-state index in [0.717, 1.165) is 58.2 Å². The van der Waals surface area contributed by atoms with Crippen LogP contribution >= 0.6 is 23.2 Å². The second-order valence-corrected chi connectivity index (χ2v) is 11.6. The molecule has 1 amide bonds. The summed E-state index contributed by atoms with van der Waals surface area (Å²) in [7, 11) is 0. The highest BCUT2D eigenvalue weighted by Crippen LogP contribution is 2.40. The zero-order valence-electron chi connectivity index (χ0n) is 22.4. The van der Waals surface area contributed by atoms with E-state index < -0.39 is 0 Å². The van der Waals surface area contributed by atoms with Crippen molar-refractivity contribution >= 4 is 34.9 Å². The lowest BCUT2D eigenvalue weighted by molar-refractivity contribution is 0.0907. The predicted molar refractivity (Wildman–Crippen MR) is 154 cm³/mol. The summed E-state index contributed by atoms with van der Waals surface area (Å²) < 4.78 is 12.2. The average Bonchev–Trinajstić information content (AvgIpc) is 3.71. The Bertz CT molecular complexity index is 1240. The molecule has 1 N–H and O–H groups in total. The van der Waals surface area contributed by atoms with Gasteiger partial charge in [-0.2, -0.15) is 0 Å². The number of carbonyl (C=O) groups is 2. The van der Waals surface area contributed by atoms with Gasteiger partial charge in [-0.1, -0.05) is 36.2 Å². The van der Waals surface area contributed by atoms with Crippen molar-refractivity contribution in [1.29, 1.82) is 0 Å². The molecule has 1 atom stereocenters. The summed E-state index contributed by atoms with van der Waals surface area (Å²) in [6.45, 7) is 4.99. The summed E-state index contributed by atoms with van der Waals surface area (Å²) in [5.41, 5.74) is 1.09. The number of carbonyl (C=O) groups excluding carboxylic acids is 2. The maximum atomic E-state index is 13.0. The van der Waals surface area contributed by atoms with Gasteiger partial charge in [0.1, 0.15) is 17.1 Å². The fraction of sp³-hybridized carbons (Fsp3) is 0.484. The lowest BCUT2D eigenvalue weighted by atomic mass is 10.0. The third-order valence-corrected chi connectivity index (χ3v) is 8.59. The van der Waals surface area contributed by atoms with Crippen LogP contribution in [0.3, 0.4) is 0 Å². The number of Topliss-reactive ketones (excluding diaryl/α,β-unsaturated/α-hetero) is 1. The molecule has 2 aromatic rings. The molecule has 2 aromatic carbocycles. The van der Waals surface area contributed by atoms with Gasteiger partial charge in [0.25, 0.3) is 5.91 Å². The number of fused-ring (bicyclic) bond motifs is 1. The highest BCUT2D eigenvalue weighted by atomic mass is 35.5. The Labute approximate surface area is 240 Å². The molecule has 1 saturated heterocycles. The van der Waals surface area contributed by atoms with E-state index in [2.05, 4.69) is 17.1 Å². The number of nitrogens with one attached hydrogen (secondary N) is 1. The van der Waals surface area contributed by atoms with Crippen LogP contribution < -0.4 is 14.8 Å². The Morgan fingerprint density at radius 3 is 2.67 bits per heavy atom. The molecule has 0 spiro atoms. The molecule has 5 rings (SSSR count). The molecular weight excluding hydrogens is 535 g/mol. The lowest BCUT2D eigenvalue weighted by Gasteiger charge is -2.32.